The smallest absolute Gasteiger partial charge is 0.403 e. The lowest BCUT2D eigenvalue weighted by atomic mass is 9.57. The van der Waals surface area contributed by atoms with E-state index in [1.165, 1.54) is 6.33 Å². The van der Waals surface area contributed by atoms with E-state index in [1.54, 1.807) is 0 Å². The van der Waals surface area contributed by atoms with Crippen molar-refractivity contribution < 1.29 is 31.1 Å². The second kappa shape index (κ2) is 9.01. The monoisotopic (exact) mass is 464 g/mol. The van der Waals surface area contributed by atoms with Crippen LogP contribution in [0.15, 0.2) is 6.33 Å². The van der Waals surface area contributed by atoms with Gasteiger partial charge in [-0.2, -0.15) is 26.3 Å². The van der Waals surface area contributed by atoms with Crippen molar-refractivity contribution in [3.05, 3.63) is 17.6 Å². The molecule has 9 heteroatoms. The fourth-order valence-electron chi connectivity index (χ4n) is 6.36. The van der Waals surface area contributed by atoms with Crippen LogP contribution in [0.3, 0.4) is 0 Å². The Balaban J connectivity index is 1.53. The fraction of sp³-hybridized carbons (Fsp3) is 0.826. The standard InChI is InChI=1S/C23H30F6N2O/c24-22(25,26)21(23(27,28)29,15-6-2-1-3-7-15)16-10-12-17(13-11-16)32-20-18-8-4-5-9-19(18)30-14-31-20/h14-17H,1-13H2. The van der Waals surface area contributed by atoms with Gasteiger partial charge in [0, 0.05) is 5.56 Å². The number of fused-ring (bicyclic) bond motifs is 1. The lowest BCUT2D eigenvalue weighted by Crippen LogP contribution is -2.60. The van der Waals surface area contributed by atoms with Crippen LogP contribution in [0.4, 0.5) is 26.3 Å². The van der Waals surface area contributed by atoms with Crippen LogP contribution in [0.5, 0.6) is 5.88 Å². The molecule has 3 aliphatic rings. The van der Waals surface area contributed by atoms with Crippen LogP contribution in [-0.4, -0.2) is 28.4 Å². The summed E-state index contributed by atoms with van der Waals surface area (Å²) in [5.41, 5.74) is -1.76. The molecule has 0 radical (unpaired) electrons. The average molecular weight is 464 g/mol. The number of halogens is 6. The van der Waals surface area contributed by atoms with Gasteiger partial charge in [0.1, 0.15) is 12.4 Å². The molecule has 2 saturated carbocycles. The maximum absolute atomic E-state index is 14.3. The van der Waals surface area contributed by atoms with Crippen LogP contribution < -0.4 is 4.74 Å². The summed E-state index contributed by atoms with van der Waals surface area (Å²) < 4.78 is 91.8. The van der Waals surface area contributed by atoms with Crippen molar-refractivity contribution in [2.45, 2.75) is 102 Å². The number of aryl methyl sites for hydroxylation is 1. The van der Waals surface area contributed by atoms with E-state index >= 15 is 0 Å². The molecule has 3 nitrogen and oxygen atoms in total. The minimum absolute atomic E-state index is 0.0114. The Labute approximate surface area is 184 Å². The highest BCUT2D eigenvalue weighted by molar-refractivity contribution is 5.31. The van der Waals surface area contributed by atoms with Crippen molar-refractivity contribution in [3.63, 3.8) is 0 Å². The molecule has 0 saturated heterocycles. The molecule has 2 fully saturated rings. The van der Waals surface area contributed by atoms with E-state index in [9.17, 15) is 26.3 Å². The van der Waals surface area contributed by atoms with Gasteiger partial charge in [-0.05, 0) is 76.0 Å². The van der Waals surface area contributed by atoms with Gasteiger partial charge < -0.3 is 4.74 Å². The Morgan fingerprint density at radius 2 is 1.28 bits per heavy atom. The zero-order valence-electron chi connectivity index (χ0n) is 18.1. The second-order valence-electron chi connectivity index (χ2n) is 9.60. The highest BCUT2D eigenvalue weighted by atomic mass is 19.4. The molecule has 1 aromatic rings. The summed E-state index contributed by atoms with van der Waals surface area (Å²) in [7, 11) is 0. The number of nitrogens with zero attached hydrogens (tertiary/aromatic N) is 2. The first-order chi connectivity index (χ1) is 15.1. The van der Waals surface area contributed by atoms with Gasteiger partial charge in [-0.1, -0.05) is 19.3 Å². The van der Waals surface area contributed by atoms with E-state index in [1.807, 2.05) is 0 Å². The zero-order chi connectivity index (χ0) is 23.0. The normalized spacial score (nSPS) is 25.9. The summed E-state index contributed by atoms with van der Waals surface area (Å²) in [6, 6.07) is 0. The molecule has 0 amide bonds. The Kier molecular flexibility index (Phi) is 6.65. The summed E-state index contributed by atoms with van der Waals surface area (Å²) in [6.45, 7) is 0. The maximum atomic E-state index is 14.3. The molecule has 0 bridgehead atoms. The van der Waals surface area contributed by atoms with Crippen molar-refractivity contribution in [1.29, 1.82) is 0 Å². The largest absolute Gasteiger partial charge is 0.474 e. The highest BCUT2D eigenvalue weighted by Gasteiger charge is 2.76. The topological polar surface area (TPSA) is 35.0 Å². The van der Waals surface area contributed by atoms with Crippen LogP contribution >= 0.6 is 0 Å². The van der Waals surface area contributed by atoms with Crippen LogP contribution in [-0.2, 0) is 12.8 Å². The average Bonchev–Trinajstić information content (AvgIpc) is 2.74. The molecule has 32 heavy (non-hydrogen) atoms. The molecule has 180 valence electrons. The number of ether oxygens (including phenoxy) is 1. The van der Waals surface area contributed by atoms with Crippen LogP contribution in [0.25, 0.3) is 0 Å². The minimum atomic E-state index is -5.32. The van der Waals surface area contributed by atoms with E-state index in [0.29, 0.717) is 25.1 Å². The molecule has 0 N–H and O–H groups in total. The number of alkyl halides is 6. The van der Waals surface area contributed by atoms with Crippen molar-refractivity contribution in [2.24, 2.45) is 17.3 Å². The Morgan fingerprint density at radius 1 is 0.688 bits per heavy atom. The van der Waals surface area contributed by atoms with Crippen molar-refractivity contribution in [1.82, 2.24) is 9.97 Å². The van der Waals surface area contributed by atoms with E-state index < -0.39 is 35.7 Å². The van der Waals surface area contributed by atoms with E-state index in [0.717, 1.165) is 36.9 Å². The lowest BCUT2D eigenvalue weighted by Gasteiger charge is -2.51. The third-order valence-electron chi connectivity index (χ3n) is 7.87. The van der Waals surface area contributed by atoms with Gasteiger partial charge in [0.15, 0.2) is 5.41 Å². The number of hydrogen-bond donors (Lipinski definition) is 0. The third-order valence-corrected chi connectivity index (χ3v) is 7.87. The zero-order valence-corrected chi connectivity index (χ0v) is 18.1. The van der Waals surface area contributed by atoms with Gasteiger partial charge in [0.05, 0.1) is 5.69 Å². The number of rotatable bonds is 4. The molecule has 4 rings (SSSR count). The van der Waals surface area contributed by atoms with E-state index in [4.69, 9.17) is 4.74 Å². The first kappa shape index (κ1) is 23.6. The van der Waals surface area contributed by atoms with Crippen LogP contribution in [0.1, 0.15) is 81.9 Å². The fourth-order valence-corrected chi connectivity index (χ4v) is 6.36. The molecule has 1 heterocycles. The molecular weight excluding hydrogens is 434 g/mol. The van der Waals surface area contributed by atoms with E-state index in [-0.39, 0.29) is 38.5 Å². The summed E-state index contributed by atoms with van der Waals surface area (Å²) >= 11 is 0. The van der Waals surface area contributed by atoms with Gasteiger partial charge in [0.2, 0.25) is 5.88 Å². The maximum Gasteiger partial charge on any atom is 0.403 e. The predicted octanol–water partition coefficient (Wildman–Crippen LogP) is 6.98. The second-order valence-corrected chi connectivity index (χ2v) is 9.60. The third kappa shape index (κ3) is 4.20. The summed E-state index contributed by atoms with van der Waals surface area (Å²) in [4.78, 5) is 8.49. The quantitative estimate of drug-likeness (QED) is 0.451. The number of hydrogen-bond acceptors (Lipinski definition) is 3. The van der Waals surface area contributed by atoms with Crippen LogP contribution in [0.2, 0.25) is 0 Å². The molecule has 0 aromatic carbocycles. The van der Waals surface area contributed by atoms with Crippen LogP contribution in [0, 0.1) is 17.3 Å². The molecule has 0 spiro atoms. The van der Waals surface area contributed by atoms with E-state index in [2.05, 4.69) is 9.97 Å². The minimum Gasteiger partial charge on any atom is -0.474 e. The summed E-state index contributed by atoms with van der Waals surface area (Å²) in [6.07, 6.45) is -4.41. The van der Waals surface area contributed by atoms with Gasteiger partial charge in [-0.15, -0.1) is 0 Å². The van der Waals surface area contributed by atoms with Gasteiger partial charge >= 0.3 is 12.4 Å². The lowest BCUT2D eigenvalue weighted by molar-refractivity contribution is -0.382. The van der Waals surface area contributed by atoms with Crippen molar-refractivity contribution in [3.8, 4) is 5.88 Å². The SMILES string of the molecule is FC(F)(F)C(C1CCCCC1)(C1CCC(Oc2ncnc3c2CCCC3)CC1)C(F)(F)F. The highest BCUT2D eigenvalue weighted by Crippen LogP contribution is 2.64. The molecule has 0 atom stereocenters. The summed E-state index contributed by atoms with van der Waals surface area (Å²) in [5.74, 6) is -2.42. The molecular formula is C23H30F6N2O. The first-order valence-corrected chi connectivity index (χ1v) is 11.8. The Hall–Kier alpha value is -1.54. The van der Waals surface area contributed by atoms with Crippen molar-refractivity contribution in [2.75, 3.05) is 0 Å². The Bertz CT molecular complexity index is 766. The molecule has 0 unspecified atom stereocenters. The van der Waals surface area contributed by atoms with Gasteiger partial charge in [-0.25, -0.2) is 9.97 Å². The summed E-state index contributed by atoms with van der Waals surface area (Å²) in [5, 5.41) is 0. The predicted molar refractivity (Wildman–Crippen MR) is 106 cm³/mol. The molecule has 3 aliphatic carbocycles. The molecule has 1 aromatic heterocycles. The molecule has 0 aliphatic heterocycles. The Morgan fingerprint density at radius 3 is 1.91 bits per heavy atom. The number of aromatic nitrogens is 2. The van der Waals surface area contributed by atoms with Gasteiger partial charge in [-0.3, -0.25) is 0 Å². The van der Waals surface area contributed by atoms with Gasteiger partial charge in [0.25, 0.3) is 0 Å². The first-order valence-electron chi connectivity index (χ1n) is 11.8. The van der Waals surface area contributed by atoms with Crippen molar-refractivity contribution >= 4 is 0 Å².